The van der Waals surface area contributed by atoms with Gasteiger partial charge in [-0.25, -0.2) is 9.97 Å². The second kappa shape index (κ2) is 6.19. The number of hydrogen-bond acceptors (Lipinski definition) is 6. The van der Waals surface area contributed by atoms with Gasteiger partial charge in [0.1, 0.15) is 17.2 Å². The van der Waals surface area contributed by atoms with Gasteiger partial charge in [-0.05, 0) is 25.8 Å². The largest absolute Gasteiger partial charge is 0.384 e. The molecule has 8 nitrogen and oxygen atoms in total. The topological polar surface area (TPSA) is 115 Å². The van der Waals surface area contributed by atoms with Crippen LogP contribution in [0.25, 0.3) is 0 Å². The number of hydrogen-bond donors (Lipinski definition) is 3. The Morgan fingerprint density at radius 3 is 2.76 bits per heavy atom. The molecule has 0 saturated heterocycles. The molecular weight excluding hydrogens is 320 g/mol. The van der Waals surface area contributed by atoms with Crippen LogP contribution in [0.4, 0.5) is 17.3 Å². The molecule has 1 aliphatic heterocycles. The number of pyridine rings is 1. The molecule has 0 fully saturated rings. The average molecular weight is 342 g/mol. The summed E-state index contributed by atoms with van der Waals surface area (Å²) in [4.78, 5) is 33.8. The van der Waals surface area contributed by atoms with E-state index in [4.69, 9.17) is 5.73 Å². The molecule has 3 heterocycles. The molecule has 0 radical (unpaired) electrons. The maximum Gasteiger partial charge on any atom is 0.296 e. The molecule has 2 aromatic rings. The normalized spacial score (nSPS) is 18.8. The fourth-order valence-electron chi connectivity index (χ4n) is 3.39. The van der Waals surface area contributed by atoms with E-state index < -0.39 is 5.66 Å². The number of aryl methyl sites for hydroxylation is 1. The number of nitrogens with one attached hydrogen (secondary N) is 2. The minimum absolute atomic E-state index is 0.164. The summed E-state index contributed by atoms with van der Waals surface area (Å²) in [6.45, 7) is 5.72. The molecule has 25 heavy (non-hydrogen) atoms. The third-order valence-electron chi connectivity index (χ3n) is 4.53. The minimum Gasteiger partial charge on any atom is -0.384 e. The fourth-order valence-corrected chi connectivity index (χ4v) is 3.39. The lowest BCUT2D eigenvalue weighted by atomic mass is 10.0. The molecule has 0 aromatic carbocycles. The molecule has 1 aliphatic rings. The zero-order valence-corrected chi connectivity index (χ0v) is 14.6. The molecule has 0 aliphatic carbocycles. The number of carbonyl (C=O) groups excluding carboxylic acids is 1. The highest BCUT2D eigenvalue weighted by Gasteiger charge is 2.43. The Morgan fingerprint density at radius 1 is 1.36 bits per heavy atom. The Bertz CT molecular complexity index is 891. The van der Waals surface area contributed by atoms with Gasteiger partial charge in [-0.15, -0.1) is 0 Å². The van der Waals surface area contributed by atoms with E-state index in [2.05, 4.69) is 20.6 Å². The predicted octanol–water partition coefficient (Wildman–Crippen LogP) is 1.88. The average Bonchev–Trinajstić information content (AvgIpc) is 2.86. The Balaban J connectivity index is 2.16. The molecular formula is C17H22N6O2. The summed E-state index contributed by atoms with van der Waals surface area (Å²) >= 11 is 0. The van der Waals surface area contributed by atoms with Crippen molar-refractivity contribution in [3.8, 4) is 0 Å². The number of fused-ring (bicyclic) bond motifs is 1. The van der Waals surface area contributed by atoms with Gasteiger partial charge in [-0.1, -0.05) is 20.3 Å². The molecule has 0 saturated carbocycles. The van der Waals surface area contributed by atoms with Gasteiger partial charge >= 0.3 is 0 Å². The van der Waals surface area contributed by atoms with Gasteiger partial charge in [-0.3, -0.25) is 14.2 Å². The van der Waals surface area contributed by atoms with E-state index in [1.807, 2.05) is 13.8 Å². The monoisotopic (exact) mass is 342 g/mol. The highest BCUT2D eigenvalue weighted by Crippen LogP contribution is 2.31. The second-order valence-corrected chi connectivity index (χ2v) is 6.22. The van der Waals surface area contributed by atoms with Crippen molar-refractivity contribution in [2.45, 2.75) is 45.7 Å². The number of rotatable bonds is 5. The summed E-state index contributed by atoms with van der Waals surface area (Å²) in [6.07, 6.45) is 3.68. The van der Waals surface area contributed by atoms with Crippen molar-refractivity contribution in [3.63, 3.8) is 0 Å². The van der Waals surface area contributed by atoms with E-state index in [0.717, 1.165) is 6.42 Å². The lowest BCUT2D eigenvalue weighted by molar-refractivity contribution is 0.0905. The molecule has 0 spiro atoms. The predicted molar refractivity (Wildman–Crippen MR) is 95.8 cm³/mol. The second-order valence-electron chi connectivity index (χ2n) is 6.22. The number of carbonyl (C=O) groups is 1. The summed E-state index contributed by atoms with van der Waals surface area (Å²) in [6, 6.07) is 3.32. The highest BCUT2D eigenvalue weighted by atomic mass is 16.2. The van der Waals surface area contributed by atoms with Crippen molar-refractivity contribution >= 4 is 23.2 Å². The number of aromatic nitrogens is 3. The molecule has 1 unspecified atom stereocenters. The van der Waals surface area contributed by atoms with Crippen LogP contribution in [0.15, 0.2) is 23.1 Å². The van der Waals surface area contributed by atoms with Crippen molar-refractivity contribution in [2.75, 3.05) is 11.1 Å². The van der Waals surface area contributed by atoms with Crippen LogP contribution in [-0.2, 0) is 5.66 Å². The molecule has 2 aromatic heterocycles. The Morgan fingerprint density at radius 2 is 2.12 bits per heavy atom. The maximum absolute atomic E-state index is 13.1. The molecule has 0 bridgehead atoms. The molecule has 3 rings (SSSR count). The van der Waals surface area contributed by atoms with Gasteiger partial charge in [0, 0.05) is 18.0 Å². The zero-order valence-electron chi connectivity index (χ0n) is 14.6. The van der Waals surface area contributed by atoms with E-state index in [0.29, 0.717) is 35.7 Å². The highest BCUT2D eigenvalue weighted by molar-refractivity contribution is 5.96. The van der Waals surface area contributed by atoms with Crippen LogP contribution in [0.5, 0.6) is 0 Å². The van der Waals surface area contributed by atoms with Gasteiger partial charge in [0.15, 0.2) is 5.82 Å². The first kappa shape index (κ1) is 16.9. The summed E-state index contributed by atoms with van der Waals surface area (Å²) in [5, 5.41) is 5.99. The summed E-state index contributed by atoms with van der Waals surface area (Å²) < 4.78 is 1.56. The number of amides is 1. The fraction of sp³-hybridized carbons (Fsp3) is 0.412. The number of nitrogen functional groups attached to an aromatic ring is 1. The van der Waals surface area contributed by atoms with Gasteiger partial charge in [0.2, 0.25) is 0 Å². The lowest BCUT2D eigenvalue weighted by Gasteiger charge is -2.30. The van der Waals surface area contributed by atoms with Crippen molar-refractivity contribution in [2.24, 2.45) is 0 Å². The quantitative estimate of drug-likeness (QED) is 0.764. The van der Waals surface area contributed by atoms with Crippen LogP contribution in [0.2, 0.25) is 0 Å². The first-order chi connectivity index (χ1) is 11.9. The number of nitrogens with two attached hydrogens (primary N) is 1. The molecule has 4 N–H and O–H groups in total. The van der Waals surface area contributed by atoms with Crippen LogP contribution in [0.3, 0.4) is 0 Å². The van der Waals surface area contributed by atoms with Crippen molar-refractivity contribution in [3.05, 3.63) is 40.1 Å². The first-order valence-corrected chi connectivity index (χ1v) is 8.37. The van der Waals surface area contributed by atoms with Crippen LogP contribution < -0.4 is 21.9 Å². The van der Waals surface area contributed by atoms with Gasteiger partial charge in [0.25, 0.3) is 11.5 Å². The molecule has 8 heteroatoms. The van der Waals surface area contributed by atoms with Crippen LogP contribution >= 0.6 is 0 Å². The number of anilines is 3. The van der Waals surface area contributed by atoms with Crippen molar-refractivity contribution in [1.82, 2.24) is 19.9 Å². The standard InChI is InChI=1S/C17H22N6O2/c1-4-7-17(5-2)22-15(24)13-10(3)20-14(16(25)23(13)17)21-11-6-8-19-12(18)9-11/h6,8-9H,4-5,7H2,1-3H3,(H,22,24)(H3,18,19,20,21). The summed E-state index contributed by atoms with van der Waals surface area (Å²) in [5.41, 5.74) is 6.10. The molecule has 1 atom stereocenters. The molecule has 132 valence electrons. The SMILES string of the molecule is CCCC1(CC)NC(=O)c2c(C)nc(Nc3ccnc(N)c3)c(=O)n21. The van der Waals surface area contributed by atoms with Gasteiger partial charge < -0.3 is 16.4 Å². The zero-order chi connectivity index (χ0) is 18.2. The Kier molecular flexibility index (Phi) is 4.20. The van der Waals surface area contributed by atoms with E-state index in [-0.39, 0.29) is 17.3 Å². The third-order valence-corrected chi connectivity index (χ3v) is 4.53. The van der Waals surface area contributed by atoms with Crippen molar-refractivity contribution in [1.29, 1.82) is 0 Å². The van der Waals surface area contributed by atoms with E-state index >= 15 is 0 Å². The smallest absolute Gasteiger partial charge is 0.296 e. The van der Waals surface area contributed by atoms with E-state index in [1.54, 1.807) is 29.8 Å². The van der Waals surface area contributed by atoms with Crippen molar-refractivity contribution < 1.29 is 4.79 Å². The van der Waals surface area contributed by atoms with Gasteiger partial charge in [0.05, 0.1) is 5.69 Å². The minimum atomic E-state index is -0.709. The van der Waals surface area contributed by atoms with Crippen LogP contribution in [0, 0.1) is 6.92 Å². The van der Waals surface area contributed by atoms with Crippen LogP contribution in [0.1, 0.15) is 49.3 Å². The van der Waals surface area contributed by atoms with Crippen LogP contribution in [-0.4, -0.2) is 20.4 Å². The first-order valence-electron chi connectivity index (χ1n) is 8.37. The van der Waals surface area contributed by atoms with E-state index in [9.17, 15) is 9.59 Å². The van der Waals surface area contributed by atoms with E-state index in [1.165, 1.54) is 0 Å². The maximum atomic E-state index is 13.1. The molecule has 1 amide bonds. The Labute approximate surface area is 145 Å². The lowest BCUT2D eigenvalue weighted by Crippen LogP contribution is -2.47. The third kappa shape index (κ3) is 2.73. The number of nitrogens with zero attached hydrogens (tertiary/aromatic N) is 3. The Hall–Kier alpha value is -2.90. The van der Waals surface area contributed by atoms with Gasteiger partial charge in [-0.2, -0.15) is 0 Å². The summed E-state index contributed by atoms with van der Waals surface area (Å²) in [7, 11) is 0. The summed E-state index contributed by atoms with van der Waals surface area (Å²) in [5.74, 6) is 0.253.